The summed E-state index contributed by atoms with van der Waals surface area (Å²) in [6, 6.07) is 9.57. The number of ether oxygens (including phenoxy) is 3. The van der Waals surface area contributed by atoms with Gasteiger partial charge in [-0.05, 0) is 5.56 Å². The first-order valence-corrected chi connectivity index (χ1v) is 6.38. The summed E-state index contributed by atoms with van der Waals surface area (Å²) in [4.78, 5) is 11.4. The molecular formula is C14H21NO4. The predicted octanol–water partition coefficient (Wildman–Crippen LogP) is 1.11. The maximum atomic E-state index is 11.4. The normalized spacial score (nSPS) is 10.4. The van der Waals surface area contributed by atoms with Gasteiger partial charge in [0, 0.05) is 6.54 Å². The number of hydrogen-bond donors (Lipinski definition) is 1. The van der Waals surface area contributed by atoms with Crippen molar-refractivity contribution in [3.8, 4) is 0 Å². The molecule has 1 rings (SSSR count). The van der Waals surface area contributed by atoms with Crippen molar-refractivity contribution >= 4 is 5.97 Å². The Morgan fingerprint density at radius 1 is 1.00 bits per heavy atom. The first-order chi connectivity index (χ1) is 9.33. The lowest BCUT2D eigenvalue weighted by atomic mass is 10.2. The molecule has 106 valence electrons. The average Bonchev–Trinajstić information content (AvgIpc) is 2.45. The van der Waals surface area contributed by atoms with Gasteiger partial charge in [-0.3, -0.25) is 4.79 Å². The van der Waals surface area contributed by atoms with Gasteiger partial charge in [-0.2, -0.15) is 0 Å². The highest BCUT2D eigenvalue weighted by atomic mass is 16.5. The van der Waals surface area contributed by atoms with Crippen LogP contribution in [0.1, 0.15) is 12.0 Å². The van der Waals surface area contributed by atoms with Crippen molar-refractivity contribution in [3.05, 3.63) is 35.9 Å². The lowest BCUT2D eigenvalue weighted by molar-refractivity contribution is -0.146. The molecular weight excluding hydrogens is 246 g/mol. The summed E-state index contributed by atoms with van der Waals surface area (Å²) in [6.07, 6.45) is 0.254. The average molecular weight is 267 g/mol. The standard InChI is InChI=1S/C14H21NO4/c15-7-9-18-11-10-17-8-6-14(16)19-12-13-4-2-1-3-5-13/h1-5H,6-12,15H2. The molecule has 0 saturated heterocycles. The molecule has 0 atom stereocenters. The monoisotopic (exact) mass is 267 g/mol. The summed E-state index contributed by atoms with van der Waals surface area (Å²) in [6.45, 7) is 2.65. The minimum atomic E-state index is -0.258. The van der Waals surface area contributed by atoms with Crippen LogP contribution in [-0.4, -0.2) is 38.9 Å². The zero-order valence-corrected chi connectivity index (χ0v) is 11.0. The second kappa shape index (κ2) is 10.5. The highest BCUT2D eigenvalue weighted by Gasteiger charge is 2.03. The highest BCUT2D eigenvalue weighted by Crippen LogP contribution is 2.01. The zero-order valence-electron chi connectivity index (χ0n) is 11.0. The fourth-order valence-electron chi connectivity index (χ4n) is 1.37. The zero-order chi connectivity index (χ0) is 13.8. The van der Waals surface area contributed by atoms with Crippen LogP contribution in [0.3, 0.4) is 0 Å². The molecule has 5 heteroatoms. The lowest BCUT2D eigenvalue weighted by Crippen LogP contribution is -2.13. The maximum absolute atomic E-state index is 11.4. The SMILES string of the molecule is NCCOCCOCCC(=O)OCc1ccccc1. The Balaban J connectivity index is 1.96. The Kier molecular flexibility index (Phi) is 8.63. The number of rotatable bonds is 10. The van der Waals surface area contributed by atoms with Crippen LogP contribution in [0.25, 0.3) is 0 Å². The number of benzene rings is 1. The van der Waals surface area contributed by atoms with Crippen LogP contribution in [0.4, 0.5) is 0 Å². The number of carbonyl (C=O) groups excluding carboxylic acids is 1. The molecule has 0 unspecified atom stereocenters. The molecule has 0 aliphatic carbocycles. The summed E-state index contributed by atoms with van der Waals surface area (Å²) in [5.74, 6) is -0.258. The van der Waals surface area contributed by atoms with Crippen molar-refractivity contribution in [1.29, 1.82) is 0 Å². The second-order valence-corrected chi connectivity index (χ2v) is 3.91. The van der Waals surface area contributed by atoms with Crippen LogP contribution >= 0.6 is 0 Å². The van der Waals surface area contributed by atoms with Crippen molar-refractivity contribution in [2.75, 3.05) is 33.0 Å². The molecule has 0 bridgehead atoms. The number of nitrogens with two attached hydrogens (primary N) is 1. The minimum Gasteiger partial charge on any atom is -0.461 e. The van der Waals surface area contributed by atoms with E-state index in [1.165, 1.54) is 0 Å². The predicted molar refractivity (Wildman–Crippen MR) is 71.5 cm³/mol. The summed E-state index contributed by atoms with van der Waals surface area (Å²) in [5.41, 5.74) is 6.24. The van der Waals surface area contributed by atoms with Gasteiger partial charge < -0.3 is 19.9 Å². The number of hydrogen-bond acceptors (Lipinski definition) is 5. The van der Waals surface area contributed by atoms with Crippen molar-refractivity contribution in [1.82, 2.24) is 0 Å². The van der Waals surface area contributed by atoms with Crippen LogP contribution in [-0.2, 0) is 25.6 Å². The van der Waals surface area contributed by atoms with Gasteiger partial charge in [-0.25, -0.2) is 0 Å². The van der Waals surface area contributed by atoms with Gasteiger partial charge in [0.15, 0.2) is 0 Å². The van der Waals surface area contributed by atoms with E-state index >= 15 is 0 Å². The third-order valence-electron chi connectivity index (χ3n) is 2.33. The molecule has 0 spiro atoms. The fourth-order valence-corrected chi connectivity index (χ4v) is 1.37. The Bertz CT molecular complexity index is 343. The molecule has 19 heavy (non-hydrogen) atoms. The van der Waals surface area contributed by atoms with E-state index in [2.05, 4.69) is 0 Å². The third kappa shape index (κ3) is 8.31. The van der Waals surface area contributed by atoms with Crippen molar-refractivity contribution in [2.24, 2.45) is 5.73 Å². The first kappa shape index (κ1) is 15.6. The van der Waals surface area contributed by atoms with Crippen LogP contribution in [0.2, 0.25) is 0 Å². The van der Waals surface area contributed by atoms with E-state index < -0.39 is 0 Å². The molecule has 0 heterocycles. The molecule has 0 aliphatic heterocycles. The summed E-state index contributed by atoms with van der Waals surface area (Å²) < 4.78 is 15.5. The van der Waals surface area contributed by atoms with E-state index in [9.17, 15) is 4.79 Å². The summed E-state index contributed by atoms with van der Waals surface area (Å²) >= 11 is 0. The Morgan fingerprint density at radius 3 is 2.37 bits per heavy atom. The topological polar surface area (TPSA) is 70.8 Å². The van der Waals surface area contributed by atoms with Gasteiger partial charge in [0.25, 0.3) is 0 Å². The highest BCUT2D eigenvalue weighted by molar-refractivity contribution is 5.69. The lowest BCUT2D eigenvalue weighted by Gasteiger charge is -2.06. The van der Waals surface area contributed by atoms with Gasteiger partial charge in [0.2, 0.25) is 0 Å². The molecule has 0 radical (unpaired) electrons. The number of esters is 1. The van der Waals surface area contributed by atoms with E-state index in [0.717, 1.165) is 5.56 Å². The Hall–Kier alpha value is -1.43. The van der Waals surface area contributed by atoms with Gasteiger partial charge >= 0.3 is 5.97 Å². The molecule has 1 aromatic carbocycles. The van der Waals surface area contributed by atoms with E-state index in [-0.39, 0.29) is 12.4 Å². The quantitative estimate of drug-likeness (QED) is 0.508. The Labute approximate surface area is 113 Å². The van der Waals surface area contributed by atoms with Crippen molar-refractivity contribution in [3.63, 3.8) is 0 Å². The molecule has 0 fully saturated rings. The van der Waals surface area contributed by atoms with Gasteiger partial charge in [0.1, 0.15) is 6.61 Å². The molecule has 0 amide bonds. The maximum Gasteiger partial charge on any atom is 0.308 e. The third-order valence-corrected chi connectivity index (χ3v) is 2.33. The van der Waals surface area contributed by atoms with E-state index in [1.54, 1.807) is 0 Å². The van der Waals surface area contributed by atoms with Crippen LogP contribution < -0.4 is 5.73 Å². The van der Waals surface area contributed by atoms with E-state index in [4.69, 9.17) is 19.9 Å². The number of carbonyl (C=O) groups is 1. The summed E-state index contributed by atoms with van der Waals surface area (Å²) in [7, 11) is 0. The second-order valence-electron chi connectivity index (χ2n) is 3.91. The van der Waals surface area contributed by atoms with E-state index in [0.29, 0.717) is 39.6 Å². The van der Waals surface area contributed by atoms with Crippen molar-refractivity contribution in [2.45, 2.75) is 13.0 Å². The molecule has 2 N–H and O–H groups in total. The minimum absolute atomic E-state index is 0.254. The molecule has 0 aromatic heterocycles. The van der Waals surface area contributed by atoms with Gasteiger partial charge in [-0.15, -0.1) is 0 Å². The van der Waals surface area contributed by atoms with Crippen molar-refractivity contribution < 1.29 is 19.0 Å². The fraction of sp³-hybridized carbons (Fsp3) is 0.500. The van der Waals surface area contributed by atoms with Crippen LogP contribution in [0.5, 0.6) is 0 Å². The van der Waals surface area contributed by atoms with E-state index in [1.807, 2.05) is 30.3 Å². The molecule has 0 saturated carbocycles. The summed E-state index contributed by atoms with van der Waals surface area (Å²) in [5, 5.41) is 0. The van der Waals surface area contributed by atoms with Gasteiger partial charge in [0.05, 0.1) is 32.8 Å². The van der Waals surface area contributed by atoms with Gasteiger partial charge in [-0.1, -0.05) is 30.3 Å². The first-order valence-electron chi connectivity index (χ1n) is 6.38. The smallest absolute Gasteiger partial charge is 0.308 e. The molecule has 1 aromatic rings. The Morgan fingerprint density at radius 2 is 1.68 bits per heavy atom. The molecule has 0 aliphatic rings. The largest absolute Gasteiger partial charge is 0.461 e. The molecule has 5 nitrogen and oxygen atoms in total. The van der Waals surface area contributed by atoms with Crippen LogP contribution in [0, 0.1) is 0 Å². The van der Waals surface area contributed by atoms with Crippen LogP contribution in [0.15, 0.2) is 30.3 Å².